The number of aryl methyl sites for hydroxylation is 1. The van der Waals surface area contributed by atoms with E-state index in [1.165, 1.54) is 0 Å². The molecule has 0 radical (unpaired) electrons. The van der Waals surface area contributed by atoms with E-state index in [4.69, 9.17) is 14.5 Å². The number of nitrogens with zero attached hydrogens (tertiary/aromatic N) is 2. The summed E-state index contributed by atoms with van der Waals surface area (Å²) >= 11 is 1.75. The Hall–Kier alpha value is -2.87. The summed E-state index contributed by atoms with van der Waals surface area (Å²) in [6.45, 7) is 0.641. The van der Waals surface area contributed by atoms with Gasteiger partial charge in [0.15, 0.2) is 11.5 Å². The molecule has 4 rings (SSSR count). The molecule has 0 bridgehead atoms. The third kappa shape index (κ3) is 4.27. The first-order chi connectivity index (χ1) is 14.2. The molecule has 29 heavy (non-hydrogen) atoms. The highest BCUT2D eigenvalue weighted by Gasteiger charge is 2.21. The fourth-order valence-corrected chi connectivity index (χ4v) is 3.89. The normalized spacial score (nSPS) is 13.4. The number of rotatable bonds is 7. The van der Waals surface area contributed by atoms with Crippen LogP contribution in [0.25, 0.3) is 11.0 Å². The maximum atomic E-state index is 12.6. The van der Waals surface area contributed by atoms with E-state index < -0.39 is 0 Å². The number of aromatic nitrogens is 2. The Labute approximate surface area is 173 Å². The van der Waals surface area contributed by atoms with Crippen LogP contribution in [0.15, 0.2) is 42.5 Å². The lowest BCUT2D eigenvalue weighted by Crippen LogP contribution is -2.38. The van der Waals surface area contributed by atoms with Crippen LogP contribution in [0, 0.1) is 0 Å². The lowest BCUT2D eigenvalue weighted by atomic mass is 10.2. The maximum absolute atomic E-state index is 12.6. The summed E-state index contributed by atoms with van der Waals surface area (Å²) in [6.07, 6.45) is 2.86. The number of carbonyl (C=O) groups excluding carboxylic acids is 1. The summed E-state index contributed by atoms with van der Waals surface area (Å²) in [4.78, 5) is 17.4. The zero-order valence-electron chi connectivity index (χ0n) is 16.5. The minimum Gasteiger partial charge on any atom is -0.454 e. The fraction of sp³-hybridized carbons (Fsp3) is 0.333. The molecule has 0 unspecified atom stereocenters. The number of fused-ring (bicyclic) bond motifs is 2. The first-order valence-corrected chi connectivity index (χ1v) is 10.9. The number of imidazole rings is 1. The minimum atomic E-state index is -0.221. The van der Waals surface area contributed by atoms with Crippen LogP contribution in [0.1, 0.15) is 23.9 Å². The molecule has 1 atom stereocenters. The van der Waals surface area contributed by atoms with Crippen LogP contribution >= 0.6 is 11.8 Å². The molecule has 0 fully saturated rings. The largest absolute Gasteiger partial charge is 0.454 e. The molecule has 2 N–H and O–H groups in total. The van der Waals surface area contributed by atoms with Crippen molar-refractivity contribution in [2.24, 2.45) is 7.05 Å². The molecule has 0 aliphatic carbocycles. The molecule has 0 saturated heterocycles. The number of carbonyl (C=O) groups is 1. The second kappa shape index (κ2) is 8.65. The summed E-state index contributed by atoms with van der Waals surface area (Å²) in [5.41, 5.74) is 2.94. The van der Waals surface area contributed by atoms with Crippen molar-refractivity contribution in [2.45, 2.75) is 19.0 Å². The van der Waals surface area contributed by atoms with Gasteiger partial charge in [0.2, 0.25) is 6.79 Å². The molecule has 152 valence electrons. The van der Waals surface area contributed by atoms with Crippen molar-refractivity contribution in [3.8, 4) is 11.5 Å². The molecule has 0 saturated carbocycles. The van der Waals surface area contributed by atoms with Gasteiger partial charge in [-0.2, -0.15) is 11.8 Å². The molecule has 3 aromatic rings. The van der Waals surface area contributed by atoms with Crippen molar-refractivity contribution < 1.29 is 14.3 Å². The highest BCUT2D eigenvalue weighted by atomic mass is 32.2. The number of hydrogen-bond acceptors (Lipinski definition) is 5. The molecule has 1 aliphatic heterocycles. The first-order valence-electron chi connectivity index (χ1n) is 9.49. The van der Waals surface area contributed by atoms with E-state index >= 15 is 0 Å². The Balaban J connectivity index is 1.44. The van der Waals surface area contributed by atoms with E-state index in [0.29, 0.717) is 12.3 Å². The molecule has 0 spiro atoms. The van der Waals surface area contributed by atoms with E-state index in [-0.39, 0.29) is 18.9 Å². The van der Waals surface area contributed by atoms with E-state index in [9.17, 15) is 4.79 Å². The molecular weight excluding hydrogens is 388 g/mol. The van der Waals surface area contributed by atoms with Crippen molar-refractivity contribution in [3.05, 3.63) is 53.9 Å². The lowest BCUT2D eigenvalue weighted by molar-refractivity contribution is 0.174. The predicted octanol–water partition coefficient (Wildman–Crippen LogP) is 3.60. The van der Waals surface area contributed by atoms with Crippen molar-refractivity contribution in [1.82, 2.24) is 20.2 Å². The van der Waals surface area contributed by atoms with Gasteiger partial charge in [-0.3, -0.25) is 0 Å². The van der Waals surface area contributed by atoms with Gasteiger partial charge in [-0.25, -0.2) is 9.78 Å². The van der Waals surface area contributed by atoms with Crippen LogP contribution < -0.4 is 20.1 Å². The second-order valence-corrected chi connectivity index (χ2v) is 7.85. The Morgan fingerprint density at radius 1 is 1.24 bits per heavy atom. The van der Waals surface area contributed by atoms with Crippen molar-refractivity contribution in [3.63, 3.8) is 0 Å². The Morgan fingerprint density at radius 2 is 2.07 bits per heavy atom. The molecule has 2 amide bonds. The molecule has 1 aromatic heterocycles. The van der Waals surface area contributed by atoms with Crippen molar-refractivity contribution in [1.29, 1.82) is 0 Å². The summed E-state index contributed by atoms with van der Waals surface area (Å²) < 4.78 is 12.8. The van der Waals surface area contributed by atoms with E-state index in [1.807, 2.05) is 49.5 Å². The zero-order valence-corrected chi connectivity index (χ0v) is 17.3. The smallest absolute Gasteiger partial charge is 0.315 e. The molecule has 1 aliphatic rings. The van der Waals surface area contributed by atoms with Gasteiger partial charge in [0, 0.05) is 13.6 Å². The van der Waals surface area contributed by atoms with Gasteiger partial charge in [0.25, 0.3) is 0 Å². The number of hydrogen-bond donors (Lipinski definition) is 2. The SMILES string of the molecule is CSCC[C@H](NC(=O)NCc1ccc2c(c1)OCO2)c1nc2ccccc2n1C. The highest BCUT2D eigenvalue weighted by molar-refractivity contribution is 7.98. The first kappa shape index (κ1) is 19.4. The number of nitrogens with one attached hydrogen (secondary N) is 2. The number of ether oxygens (including phenoxy) is 2. The third-order valence-electron chi connectivity index (χ3n) is 4.94. The highest BCUT2D eigenvalue weighted by Crippen LogP contribution is 2.32. The average molecular weight is 413 g/mol. The average Bonchev–Trinajstić information content (AvgIpc) is 3.34. The molecule has 2 heterocycles. The summed E-state index contributed by atoms with van der Waals surface area (Å²) in [5, 5.41) is 6.02. The molecule has 2 aromatic carbocycles. The number of urea groups is 1. The van der Waals surface area contributed by atoms with Crippen LogP contribution in [0.5, 0.6) is 11.5 Å². The fourth-order valence-electron chi connectivity index (χ4n) is 3.42. The summed E-state index contributed by atoms with van der Waals surface area (Å²) in [5.74, 6) is 3.23. The Morgan fingerprint density at radius 3 is 2.90 bits per heavy atom. The summed E-state index contributed by atoms with van der Waals surface area (Å²) in [7, 11) is 1.99. The monoisotopic (exact) mass is 412 g/mol. The topological polar surface area (TPSA) is 77.4 Å². The van der Waals surface area contributed by atoms with Crippen molar-refractivity contribution in [2.75, 3.05) is 18.8 Å². The Bertz CT molecular complexity index is 1020. The molecule has 7 nitrogen and oxygen atoms in total. The van der Waals surface area contributed by atoms with Gasteiger partial charge in [0.05, 0.1) is 17.1 Å². The molecule has 8 heteroatoms. The second-order valence-electron chi connectivity index (χ2n) is 6.87. The van der Waals surface area contributed by atoms with Gasteiger partial charge in [-0.1, -0.05) is 18.2 Å². The van der Waals surface area contributed by atoms with Crippen LogP contribution in [0.2, 0.25) is 0 Å². The number of para-hydroxylation sites is 2. The number of amides is 2. The van der Waals surface area contributed by atoms with Gasteiger partial charge in [0.1, 0.15) is 5.82 Å². The van der Waals surface area contributed by atoms with Gasteiger partial charge in [-0.15, -0.1) is 0 Å². The van der Waals surface area contributed by atoms with Crippen molar-refractivity contribution >= 4 is 28.8 Å². The van der Waals surface area contributed by atoms with E-state index in [2.05, 4.69) is 21.5 Å². The van der Waals surface area contributed by atoms with Crippen LogP contribution in [-0.2, 0) is 13.6 Å². The number of thioether (sulfide) groups is 1. The zero-order chi connectivity index (χ0) is 20.2. The summed E-state index contributed by atoms with van der Waals surface area (Å²) in [6, 6.07) is 13.3. The van der Waals surface area contributed by atoms with Crippen LogP contribution in [0.4, 0.5) is 4.79 Å². The lowest BCUT2D eigenvalue weighted by Gasteiger charge is -2.19. The van der Waals surface area contributed by atoms with Gasteiger partial charge < -0.3 is 24.7 Å². The predicted molar refractivity (Wildman–Crippen MR) is 114 cm³/mol. The quantitative estimate of drug-likeness (QED) is 0.620. The number of benzene rings is 2. The minimum absolute atomic E-state index is 0.170. The van der Waals surface area contributed by atoms with Crippen LogP contribution in [-0.4, -0.2) is 34.4 Å². The standard InChI is InChI=1S/C21H24N4O3S/c1-25-17-6-4-3-5-15(17)23-20(25)16(9-10-29-2)24-21(26)22-12-14-7-8-18-19(11-14)28-13-27-18/h3-8,11,16H,9-10,12-13H2,1-2H3,(H2,22,24,26)/t16-/m0/s1. The van der Waals surface area contributed by atoms with Gasteiger partial charge >= 0.3 is 6.03 Å². The molecular formula is C21H24N4O3S. The third-order valence-corrected chi connectivity index (χ3v) is 5.58. The Kier molecular flexibility index (Phi) is 5.80. The van der Waals surface area contributed by atoms with E-state index in [1.54, 1.807) is 11.8 Å². The van der Waals surface area contributed by atoms with E-state index in [0.717, 1.165) is 40.3 Å². The maximum Gasteiger partial charge on any atom is 0.315 e. The van der Waals surface area contributed by atoms with Gasteiger partial charge in [-0.05, 0) is 48.3 Å². The van der Waals surface area contributed by atoms with Crippen LogP contribution in [0.3, 0.4) is 0 Å².